The molecule has 1 N–H and O–H groups in total. The molecule has 1 rings (SSSR count). The van der Waals surface area contributed by atoms with Crippen LogP contribution in [0.3, 0.4) is 0 Å². The van der Waals surface area contributed by atoms with Gasteiger partial charge in [0.25, 0.3) is 0 Å². The van der Waals surface area contributed by atoms with Crippen molar-refractivity contribution in [2.75, 3.05) is 0 Å². The standard InChI is InChI=1S/C12H19NOS/c1-5-10(14)9-6-7-11(13-8-9)15-12(2,3)4/h6-8,10,14H,5H2,1-4H3/t10-/m0/s1. The highest BCUT2D eigenvalue weighted by molar-refractivity contribution is 8.00. The molecule has 84 valence electrons. The number of nitrogens with zero attached hydrogens (tertiary/aromatic N) is 1. The van der Waals surface area contributed by atoms with Crippen molar-refractivity contribution in [2.24, 2.45) is 0 Å². The smallest absolute Gasteiger partial charge is 0.0965 e. The summed E-state index contributed by atoms with van der Waals surface area (Å²) >= 11 is 1.74. The number of thioether (sulfide) groups is 1. The third-order valence-electron chi connectivity index (χ3n) is 1.94. The Morgan fingerprint density at radius 2 is 2.07 bits per heavy atom. The van der Waals surface area contributed by atoms with E-state index in [9.17, 15) is 5.11 Å². The molecule has 0 radical (unpaired) electrons. The SMILES string of the molecule is CC[C@H](O)c1ccc(SC(C)(C)C)nc1. The van der Waals surface area contributed by atoms with Gasteiger partial charge >= 0.3 is 0 Å². The van der Waals surface area contributed by atoms with Gasteiger partial charge in [-0.2, -0.15) is 0 Å². The summed E-state index contributed by atoms with van der Waals surface area (Å²) in [6, 6.07) is 3.93. The van der Waals surface area contributed by atoms with Gasteiger partial charge in [-0.1, -0.05) is 33.8 Å². The minimum atomic E-state index is -0.383. The molecule has 0 aromatic carbocycles. The van der Waals surface area contributed by atoms with Gasteiger partial charge in [0.1, 0.15) is 0 Å². The van der Waals surface area contributed by atoms with Gasteiger partial charge in [-0.3, -0.25) is 0 Å². The number of rotatable bonds is 3. The number of aliphatic hydroxyl groups is 1. The van der Waals surface area contributed by atoms with Crippen LogP contribution in [0.2, 0.25) is 0 Å². The first-order valence-electron chi connectivity index (χ1n) is 5.25. The molecule has 0 aliphatic rings. The van der Waals surface area contributed by atoms with Crippen LogP contribution in [0, 0.1) is 0 Å². The summed E-state index contributed by atoms with van der Waals surface area (Å²) in [5, 5.41) is 10.6. The summed E-state index contributed by atoms with van der Waals surface area (Å²) in [6.07, 6.45) is 2.11. The highest BCUT2D eigenvalue weighted by Crippen LogP contribution is 2.30. The lowest BCUT2D eigenvalue weighted by atomic mass is 10.1. The Kier molecular flexibility index (Phi) is 4.17. The fourth-order valence-electron chi connectivity index (χ4n) is 1.20. The van der Waals surface area contributed by atoms with Crippen molar-refractivity contribution in [3.8, 4) is 0 Å². The zero-order valence-corrected chi connectivity index (χ0v) is 10.6. The van der Waals surface area contributed by atoms with E-state index in [1.807, 2.05) is 19.1 Å². The van der Waals surface area contributed by atoms with Crippen molar-refractivity contribution in [3.05, 3.63) is 23.9 Å². The maximum Gasteiger partial charge on any atom is 0.0965 e. The van der Waals surface area contributed by atoms with Crippen LogP contribution in [0.25, 0.3) is 0 Å². The van der Waals surface area contributed by atoms with E-state index >= 15 is 0 Å². The van der Waals surface area contributed by atoms with Crippen LogP contribution < -0.4 is 0 Å². The monoisotopic (exact) mass is 225 g/mol. The number of hydrogen-bond acceptors (Lipinski definition) is 3. The topological polar surface area (TPSA) is 33.1 Å². The fraction of sp³-hybridized carbons (Fsp3) is 0.583. The molecule has 2 nitrogen and oxygen atoms in total. The van der Waals surface area contributed by atoms with Gasteiger partial charge in [-0.05, 0) is 18.1 Å². The summed E-state index contributed by atoms with van der Waals surface area (Å²) < 4.78 is 0.178. The average Bonchev–Trinajstić information content (AvgIpc) is 2.15. The van der Waals surface area contributed by atoms with E-state index in [1.54, 1.807) is 18.0 Å². The third kappa shape index (κ3) is 4.22. The van der Waals surface area contributed by atoms with Crippen molar-refractivity contribution in [1.82, 2.24) is 4.98 Å². The van der Waals surface area contributed by atoms with E-state index in [2.05, 4.69) is 25.8 Å². The van der Waals surface area contributed by atoms with Crippen LogP contribution >= 0.6 is 11.8 Å². The summed E-state index contributed by atoms with van der Waals surface area (Å²) in [6.45, 7) is 8.44. The van der Waals surface area contributed by atoms with Gasteiger partial charge in [-0.25, -0.2) is 4.98 Å². The zero-order valence-electron chi connectivity index (χ0n) is 9.82. The molecule has 15 heavy (non-hydrogen) atoms. The molecule has 3 heteroatoms. The number of aromatic nitrogens is 1. The van der Waals surface area contributed by atoms with E-state index in [0.29, 0.717) is 0 Å². The second kappa shape index (κ2) is 4.99. The first-order valence-corrected chi connectivity index (χ1v) is 6.07. The fourth-order valence-corrected chi connectivity index (χ4v) is 2.07. The Morgan fingerprint density at radius 1 is 1.40 bits per heavy atom. The molecule has 0 fully saturated rings. The third-order valence-corrected chi connectivity index (χ3v) is 3.00. The molecule has 0 bridgehead atoms. The number of aliphatic hydroxyl groups excluding tert-OH is 1. The Bertz CT molecular complexity index is 302. The van der Waals surface area contributed by atoms with Gasteiger partial charge in [0, 0.05) is 10.9 Å². The van der Waals surface area contributed by atoms with Gasteiger partial charge < -0.3 is 5.11 Å². The Balaban J connectivity index is 2.72. The van der Waals surface area contributed by atoms with Gasteiger partial charge in [0.15, 0.2) is 0 Å². The van der Waals surface area contributed by atoms with Crippen molar-refractivity contribution >= 4 is 11.8 Å². The summed E-state index contributed by atoms with van der Waals surface area (Å²) in [4.78, 5) is 4.34. The average molecular weight is 225 g/mol. The molecule has 0 aliphatic carbocycles. The van der Waals surface area contributed by atoms with E-state index in [0.717, 1.165) is 17.0 Å². The second-order valence-corrected chi connectivity index (χ2v) is 6.42. The van der Waals surface area contributed by atoms with Gasteiger partial charge in [0.2, 0.25) is 0 Å². The first kappa shape index (κ1) is 12.5. The Morgan fingerprint density at radius 3 is 2.47 bits per heavy atom. The molecule has 0 saturated heterocycles. The van der Waals surface area contributed by atoms with Crippen molar-refractivity contribution in [1.29, 1.82) is 0 Å². The van der Waals surface area contributed by atoms with Gasteiger partial charge in [-0.15, -0.1) is 11.8 Å². The molecule has 0 spiro atoms. The maximum absolute atomic E-state index is 9.61. The Labute approximate surface area is 96.1 Å². The second-order valence-electron chi connectivity index (χ2n) is 4.57. The maximum atomic E-state index is 9.61. The lowest BCUT2D eigenvalue weighted by Gasteiger charge is -2.17. The largest absolute Gasteiger partial charge is 0.388 e. The van der Waals surface area contributed by atoms with Crippen molar-refractivity contribution in [3.63, 3.8) is 0 Å². The summed E-state index contributed by atoms with van der Waals surface area (Å²) in [5.74, 6) is 0. The number of hydrogen-bond donors (Lipinski definition) is 1. The normalized spacial score (nSPS) is 13.9. The van der Waals surface area contributed by atoms with Gasteiger partial charge in [0.05, 0.1) is 11.1 Å². The van der Waals surface area contributed by atoms with Crippen molar-refractivity contribution in [2.45, 2.75) is 50.0 Å². The quantitative estimate of drug-likeness (QED) is 0.800. The summed E-state index contributed by atoms with van der Waals surface area (Å²) in [5.41, 5.74) is 0.899. The van der Waals surface area contributed by atoms with Crippen LogP contribution in [-0.2, 0) is 0 Å². The minimum Gasteiger partial charge on any atom is -0.388 e. The highest BCUT2D eigenvalue weighted by atomic mass is 32.2. The van der Waals surface area contributed by atoms with E-state index in [-0.39, 0.29) is 10.9 Å². The molecule has 1 aromatic heterocycles. The van der Waals surface area contributed by atoms with E-state index in [1.165, 1.54) is 0 Å². The molecular formula is C12H19NOS. The highest BCUT2D eigenvalue weighted by Gasteiger charge is 2.13. The molecule has 1 atom stereocenters. The van der Waals surface area contributed by atoms with Crippen LogP contribution in [-0.4, -0.2) is 14.8 Å². The van der Waals surface area contributed by atoms with Crippen molar-refractivity contribution < 1.29 is 5.11 Å². The molecular weight excluding hydrogens is 206 g/mol. The summed E-state index contributed by atoms with van der Waals surface area (Å²) in [7, 11) is 0. The van der Waals surface area contributed by atoms with Crippen LogP contribution in [0.4, 0.5) is 0 Å². The Hall–Kier alpha value is -0.540. The number of pyridine rings is 1. The predicted molar refractivity (Wildman–Crippen MR) is 65.1 cm³/mol. The molecule has 0 aliphatic heterocycles. The first-order chi connectivity index (χ1) is 6.92. The predicted octanol–water partition coefficient (Wildman–Crippen LogP) is 3.42. The van der Waals surface area contributed by atoms with E-state index < -0.39 is 0 Å². The van der Waals surface area contributed by atoms with Crippen LogP contribution in [0.15, 0.2) is 23.4 Å². The lowest BCUT2D eigenvalue weighted by Crippen LogP contribution is -2.07. The lowest BCUT2D eigenvalue weighted by molar-refractivity contribution is 0.173. The van der Waals surface area contributed by atoms with Crippen LogP contribution in [0.1, 0.15) is 45.8 Å². The molecule has 0 unspecified atom stereocenters. The van der Waals surface area contributed by atoms with Crippen LogP contribution in [0.5, 0.6) is 0 Å². The minimum absolute atomic E-state index is 0.178. The molecule has 0 amide bonds. The molecule has 1 heterocycles. The zero-order chi connectivity index (χ0) is 11.5. The molecule has 0 saturated carbocycles. The molecule has 1 aromatic rings. The van der Waals surface area contributed by atoms with E-state index in [4.69, 9.17) is 0 Å².